The molecule has 0 unspecified atom stereocenters. The Hall–Kier alpha value is -3.50. The highest BCUT2D eigenvalue weighted by Crippen LogP contribution is 2.52. The van der Waals surface area contributed by atoms with Gasteiger partial charge < -0.3 is 16.0 Å². The van der Waals surface area contributed by atoms with Gasteiger partial charge in [-0.15, -0.1) is 12.8 Å². The molecule has 0 radical (unpaired) electrons. The molecule has 7 nitrogen and oxygen atoms in total. The van der Waals surface area contributed by atoms with Gasteiger partial charge in [0, 0.05) is 35.9 Å². The third-order valence-electron chi connectivity index (χ3n) is 7.40. The number of primary amides is 1. The van der Waals surface area contributed by atoms with Crippen LogP contribution in [0.5, 0.6) is 0 Å². The maximum absolute atomic E-state index is 11.3. The van der Waals surface area contributed by atoms with Gasteiger partial charge in [-0.05, 0) is 82.2 Å². The van der Waals surface area contributed by atoms with Gasteiger partial charge in [0.05, 0.1) is 17.4 Å². The Morgan fingerprint density at radius 3 is 2.29 bits per heavy atom. The smallest absolute Gasteiger partial charge is 0.204 e. The lowest BCUT2D eigenvalue weighted by Crippen LogP contribution is -2.28. The lowest BCUT2D eigenvalue weighted by molar-refractivity contribution is -0.118. The van der Waals surface area contributed by atoms with Crippen molar-refractivity contribution in [1.29, 1.82) is 0 Å². The lowest BCUT2D eigenvalue weighted by atomic mass is 9.95. The first-order chi connectivity index (χ1) is 20.0. The number of carbonyl (C=O) groups excluding carboxylic acids is 2. The molecule has 0 atom stereocenters. The van der Waals surface area contributed by atoms with E-state index < -0.39 is 0 Å². The Morgan fingerprint density at radius 1 is 1.02 bits per heavy atom. The number of carbonyl (C=O) groups is 2. The molecule has 5 rings (SSSR count). The molecule has 41 heavy (non-hydrogen) atoms. The largest absolute Gasteiger partial charge is 0.372 e. The minimum absolute atomic E-state index is 0.250. The van der Waals surface area contributed by atoms with E-state index in [9.17, 15) is 4.79 Å². The number of pyridine rings is 1. The van der Waals surface area contributed by atoms with Crippen LogP contribution in [0.3, 0.4) is 0 Å². The lowest BCUT2D eigenvalue weighted by Gasteiger charge is -2.20. The first-order valence-electron chi connectivity index (χ1n) is 15.1. The van der Waals surface area contributed by atoms with Crippen LogP contribution >= 0.6 is 0 Å². The van der Waals surface area contributed by atoms with Crippen molar-refractivity contribution in [1.82, 2.24) is 20.3 Å². The van der Waals surface area contributed by atoms with Crippen LogP contribution < -0.4 is 11.1 Å². The summed E-state index contributed by atoms with van der Waals surface area (Å²) in [5.74, 6) is 1.41. The van der Waals surface area contributed by atoms with Gasteiger partial charge in [0.15, 0.2) is 0 Å². The molecule has 0 bridgehead atoms. The van der Waals surface area contributed by atoms with Crippen molar-refractivity contribution < 1.29 is 9.59 Å². The Kier molecular flexibility index (Phi) is 17.7. The fourth-order valence-corrected chi connectivity index (χ4v) is 4.81. The zero-order chi connectivity index (χ0) is 30.5. The summed E-state index contributed by atoms with van der Waals surface area (Å²) in [6, 6.07) is 10.5. The molecule has 2 aromatic heterocycles. The first kappa shape index (κ1) is 35.5. The minimum atomic E-state index is 0.250. The maximum Gasteiger partial charge on any atom is 0.204 e. The van der Waals surface area contributed by atoms with Gasteiger partial charge in [0.2, 0.25) is 6.41 Å². The average molecular weight is 562 g/mol. The number of unbranched alkanes of at least 4 members (excludes halogenated alkanes) is 3. The number of rotatable bonds is 9. The topological polar surface area (TPSA) is 114 Å². The van der Waals surface area contributed by atoms with Gasteiger partial charge in [0.1, 0.15) is 11.6 Å². The number of nitrogens with two attached hydrogens (primary N) is 1. The molecular weight excluding hydrogens is 510 g/mol. The SMILES string of the molecule is C#C.C1CC2(CCN1)CC2.CC.CCC(=O)CCCCCCc1ncc(-c2ccc3nc(C)ccc3c2)[nH]1.NC=O. The van der Waals surface area contributed by atoms with Crippen LogP contribution in [-0.2, 0) is 16.0 Å². The Morgan fingerprint density at radius 2 is 1.68 bits per heavy atom. The Balaban J connectivity index is 0.000000460. The standard InChI is InChI=1S/C22H27N3O.C7H13N.C2H6.C2H2.CH3NO/c1-3-19(26)8-6-4-5-7-9-22-23-15-21(25-22)18-12-13-20-17(14-18)11-10-16(2)24-20;1-2-7(1)3-5-8-6-4-7;2*1-2;2-1-3/h10-15H,3-9H2,1-2H3,(H,23,25);8H,1-6H2;1-2H3;1-2H;1H,(H2,2,3). The highest BCUT2D eigenvalue weighted by Gasteiger charge is 2.42. The number of aromatic amines is 1. The number of ketones is 1. The number of H-pyrrole nitrogens is 1. The van der Waals surface area contributed by atoms with Crippen LogP contribution in [0.25, 0.3) is 22.2 Å². The number of benzene rings is 1. The van der Waals surface area contributed by atoms with Crippen molar-refractivity contribution in [3.8, 4) is 24.1 Å². The molecule has 1 saturated carbocycles. The minimum Gasteiger partial charge on any atom is -0.372 e. The molecule has 3 aromatic rings. The van der Waals surface area contributed by atoms with Gasteiger partial charge in [0.25, 0.3) is 0 Å². The predicted molar refractivity (Wildman–Crippen MR) is 171 cm³/mol. The summed E-state index contributed by atoms with van der Waals surface area (Å²) in [4.78, 5) is 32.4. The number of terminal acetylenes is 1. The second-order valence-corrected chi connectivity index (χ2v) is 10.3. The van der Waals surface area contributed by atoms with E-state index in [1.165, 1.54) is 38.8 Å². The van der Waals surface area contributed by atoms with E-state index in [1.54, 1.807) is 0 Å². The van der Waals surface area contributed by atoms with E-state index in [1.807, 2.05) is 40.0 Å². The van der Waals surface area contributed by atoms with Crippen LogP contribution in [0.4, 0.5) is 0 Å². The molecule has 1 aromatic carbocycles. The summed E-state index contributed by atoms with van der Waals surface area (Å²) in [5.41, 5.74) is 9.28. The summed E-state index contributed by atoms with van der Waals surface area (Å²) >= 11 is 0. The highest BCUT2D eigenvalue weighted by atomic mass is 16.1. The molecular formula is C34H51N5O2. The van der Waals surface area contributed by atoms with Crippen LogP contribution in [0.2, 0.25) is 0 Å². The van der Waals surface area contributed by atoms with Gasteiger partial charge in [-0.3, -0.25) is 14.6 Å². The molecule has 2 aliphatic rings. The summed E-state index contributed by atoms with van der Waals surface area (Å²) in [6.07, 6.45) is 22.9. The van der Waals surface area contributed by atoms with E-state index in [0.717, 1.165) is 77.6 Å². The molecule has 3 heterocycles. The van der Waals surface area contributed by atoms with E-state index in [0.29, 0.717) is 12.2 Å². The Labute approximate surface area is 247 Å². The van der Waals surface area contributed by atoms with Gasteiger partial charge in [-0.25, -0.2) is 4.98 Å². The van der Waals surface area contributed by atoms with Gasteiger partial charge in [-0.2, -0.15) is 0 Å². The second kappa shape index (κ2) is 20.4. The summed E-state index contributed by atoms with van der Waals surface area (Å²) < 4.78 is 0. The monoisotopic (exact) mass is 561 g/mol. The zero-order valence-electron chi connectivity index (χ0n) is 25.7. The van der Waals surface area contributed by atoms with Gasteiger partial charge >= 0.3 is 0 Å². The number of amides is 1. The van der Waals surface area contributed by atoms with E-state index >= 15 is 0 Å². The summed E-state index contributed by atoms with van der Waals surface area (Å²) in [6.45, 7) is 10.5. The van der Waals surface area contributed by atoms with Gasteiger partial charge in [-0.1, -0.05) is 45.7 Å². The molecule has 1 aliphatic heterocycles. The molecule has 4 N–H and O–H groups in total. The molecule has 1 aliphatic carbocycles. The number of hydrogen-bond acceptors (Lipinski definition) is 5. The summed E-state index contributed by atoms with van der Waals surface area (Å²) in [5, 5.41) is 4.52. The summed E-state index contributed by atoms with van der Waals surface area (Å²) in [7, 11) is 0. The number of aromatic nitrogens is 3. The van der Waals surface area contributed by atoms with Crippen LogP contribution in [0, 0.1) is 25.2 Å². The molecule has 1 saturated heterocycles. The highest BCUT2D eigenvalue weighted by molar-refractivity contribution is 5.83. The number of piperidine rings is 1. The van der Waals surface area contributed by atoms with Crippen molar-refractivity contribution in [3.05, 3.63) is 48.0 Å². The number of nitrogens with zero attached hydrogens (tertiary/aromatic N) is 2. The van der Waals surface area contributed by atoms with Crippen molar-refractivity contribution in [2.24, 2.45) is 11.1 Å². The van der Waals surface area contributed by atoms with E-state index in [-0.39, 0.29) is 6.41 Å². The van der Waals surface area contributed by atoms with Crippen molar-refractivity contribution >= 4 is 23.1 Å². The van der Waals surface area contributed by atoms with Crippen molar-refractivity contribution in [3.63, 3.8) is 0 Å². The number of Topliss-reactive ketones (excluding diaryl/α,β-unsaturated/α-hetero) is 1. The molecule has 7 heteroatoms. The zero-order valence-corrected chi connectivity index (χ0v) is 25.7. The van der Waals surface area contributed by atoms with Crippen LogP contribution in [-0.4, -0.2) is 40.2 Å². The predicted octanol–water partition coefficient (Wildman–Crippen LogP) is 6.93. The quantitative estimate of drug-likeness (QED) is 0.149. The fourth-order valence-electron chi connectivity index (χ4n) is 4.81. The number of hydrogen-bond donors (Lipinski definition) is 3. The second-order valence-electron chi connectivity index (χ2n) is 10.3. The normalized spacial score (nSPS) is 14.0. The molecule has 2 fully saturated rings. The molecule has 1 amide bonds. The van der Waals surface area contributed by atoms with Crippen LogP contribution in [0.15, 0.2) is 36.5 Å². The third-order valence-corrected chi connectivity index (χ3v) is 7.40. The Bertz CT molecular complexity index is 1170. The van der Waals surface area contributed by atoms with E-state index in [4.69, 9.17) is 4.79 Å². The maximum atomic E-state index is 11.3. The number of nitrogens with one attached hydrogen (secondary N) is 2. The van der Waals surface area contributed by atoms with Crippen molar-refractivity contribution in [2.45, 2.75) is 98.3 Å². The number of imidazole rings is 1. The van der Waals surface area contributed by atoms with Crippen LogP contribution in [0.1, 0.15) is 96.5 Å². The number of fused-ring (bicyclic) bond motifs is 1. The molecule has 224 valence electrons. The first-order valence-corrected chi connectivity index (χ1v) is 15.1. The average Bonchev–Trinajstić information content (AvgIpc) is 3.58. The van der Waals surface area contributed by atoms with E-state index in [2.05, 4.69) is 63.1 Å². The van der Waals surface area contributed by atoms with Crippen molar-refractivity contribution in [2.75, 3.05) is 13.1 Å². The fraction of sp³-hybridized carbons (Fsp3) is 0.529. The molecule has 1 spiro atoms. The third kappa shape index (κ3) is 13.1. The number of aryl methyl sites for hydroxylation is 2.